The van der Waals surface area contributed by atoms with Gasteiger partial charge in [-0.25, -0.2) is 4.98 Å². The Labute approximate surface area is 153 Å². The zero-order valence-corrected chi connectivity index (χ0v) is 15.4. The molecule has 1 aromatic heterocycles. The highest BCUT2D eigenvalue weighted by molar-refractivity contribution is 5.98. The number of hydrogen-bond acceptors (Lipinski definition) is 5. The molecular formula is C19H27N5O2. The van der Waals surface area contributed by atoms with Crippen LogP contribution in [0.5, 0.6) is 0 Å². The van der Waals surface area contributed by atoms with Crippen molar-refractivity contribution in [2.24, 2.45) is 5.73 Å². The monoisotopic (exact) mass is 357 g/mol. The fourth-order valence-corrected chi connectivity index (χ4v) is 4.66. The first-order valence-electron chi connectivity index (χ1n) is 9.54. The number of rotatable bonds is 2. The van der Waals surface area contributed by atoms with Crippen LogP contribution in [0.1, 0.15) is 47.3 Å². The molecule has 2 aliphatic heterocycles. The number of aryl methyl sites for hydroxylation is 2. The standard InChI is InChI=1S/C19H27N5O2/c1-23-9-10-24(12-19(23)6-5-16(25)21-8-7-19)18-14(17(20)26)11-13-3-2-4-15(13)22-18/h11H,2-10,12H2,1H3,(H2,20,26)(H,21,25). The maximum atomic E-state index is 12.1. The van der Waals surface area contributed by atoms with E-state index >= 15 is 0 Å². The minimum atomic E-state index is -0.409. The van der Waals surface area contributed by atoms with Gasteiger partial charge in [0.2, 0.25) is 5.91 Å². The molecule has 0 aromatic carbocycles. The third-order valence-corrected chi connectivity index (χ3v) is 6.33. The molecule has 3 N–H and O–H groups in total. The lowest BCUT2D eigenvalue weighted by atomic mass is 9.86. The van der Waals surface area contributed by atoms with Crippen molar-refractivity contribution in [3.05, 3.63) is 22.9 Å². The topological polar surface area (TPSA) is 91.6 Å². The number of fused-ring (bicyclic) bond motifs is 1. The van der Waals surface area contributed by atoms with Crippen LogP contribution in [-0.4, -0.2) is 60.5 Å². The Hall–Kier alpha value is -2.15. The Kier molecular flexibility index (Phi) is 4.34. The van der Waals surface area contributed by atoms with Crippen LogP contribution in [0.2, 0.25) is 0 Å². The van der Waals surface area contributed by atoms with Crippen LogP contribution >= 0.6 is 0 Å². The van der Waals surface area contributed by atoms with Gasteiger partial charge in [0.05, 0.1) is 5.56 Å². The first kappa shape index (κ1) is 17.3. The molecule has 4 rings (SSSR count). The summed E-state index contributed by atoms with van der Waals surface area (Å²) in [5.41, 5.74) is 8.41. The Morgan fingerprint density at radius 2 is 2.12 bits per heavy atom. The smallest absolute Gasteiger partial charge is 0.252 e. The molecule has 140 valence electrons. The number of hydrogen-bond donors (Lipinski definition) is 2. The average molecular weight is 357 g/mol. The van der Waals surface area contributed by atoms with Crippen LogP contribution in [0.15, 0.2) is 6.07 Å². The fraction of sp³-hybridized carbons (Fsp3) is 0.632. The first-order valence-corrected chi connectivity index (χ1v) is 9.54. The second-order valence-electron chi connectivity index (χ2n) is 7.85. The van der Waals surface area contributed by atoms with Gasteiger partial charge in [0.15, 0.2) is 0 Å². The molecule has 3 aliphatic rings. The number of anilines is 1. The Balaban J connectivity index is 1.68. The summed E-state index contributed by atoms with van der Waals surface area (Å²) in [6.07, 6.45) is 5.30. The molecule has 1 spiro atoms. The first-order chi connectivity index (χ1) is 12.5. The molecular weight excluding hydrogens is 330 g/mol. The van der Waals surface area contributed by atoms with Crippen molar-refractivity contribution in [2.75, 3.05) is 38.1 Å². The zero-order valence-electron chi connectivity index (χ0n) is 15.4. The Bertz CT molecular complexity index is 750. The van der Waals surface area contributed by atoms with Crippen molar-refractivity contribution in [2.45, 2.75) is 44.1 Å². The fourth-order valence-electron chi connectivity index (χ4n) is 4.66. The number of carbonyl (C=O) groups excluding carboxylic acids is 2. The molecule has 1 aliphatic carbocycles. The zero-order chi connectivity index (χ0) is 18.3. The normalized spacial score (nSPS) is 26.5. The second-order valence-corrected chi connectivity index (χ2v) is 7.85. The maximum Gasteiger partial charge on any atom is 0.252 e. The Morgan fingerprint density at radius 1 is 1.27 bits per heavy atom. The summed E-state index contributed by atoms with van der Waals surface area (Å²) in [5.74, 6) is 0.447. The summed E-state index contributed by atoms with van der Waals surface area (Å²) in [6.45, 7) is 3.15. The molecule has 0 radical (unpaired) electrons. The molecule has 2 saturated heterocycles. The lowest BCUT2D eigenvalue weighted by molar-refractivity contribution is -0.120. The molecule has 2 fully saturated rings. The molecule has 1 unspecified atom stereocenters. The highest BCUT2D eigenvalue weighted by Gasteiger charge is 2.42. The number of primary amides is 1. The highest BCUT2D eigenvalue weighted by Crippen LogP contribution is 2.34. The summed E-state index contributed by atoms with van der Waals surface area (Å²) in [7, 11) is 2.14. The van der Waals surface area contributed by atoms with E-state index in [1.54, 1.807) is 0 Å². The third-order valence-electron chi connectivity index (χ3n) is 6.33. The van der Waals surface area contributed by atoms with Crippen LogP contribution in [0.25, 0.3) is 0 Å². The van der Waals surface area contributed by atoms with Gasteiger partial charge in [-0.3, -0.25) is 14.5 Å². The molecule has 3 heterocycles. The summed E-state index contributed by atoms with van der Waals surface area (Å²) >= 11 is 0. The van der Waals surface area contributed by atoms with Gasteiger partial charge < -0.3 is 16.0 Å². The molecule has 26 heavy (non-hydrogen) atoms. The summed E-state index contributed by atoms with van der Waals surface area (Å²) in [5, 5.41) is 2.98. The molecule has 7 nitrogen and oxygen atoms in total. The van der Waals surface area contributed by atoms with Crippen molar-refractivity contribution < 1.29 is 9.59 Å². The van der Waals surface area contributed by atoms with E-state index in [9.17, 15) is 9.59 Å². The number of nitrogens with zero attached hydrogens (tertiary/aromatic N) is 3. The molecule has 1 atom stereocenters. The SMILES string of the molecule is CN1CCN(c2nc3c(cc2C(N)=O)CCC3)CC12CCNC(=O)CC2. The third kappa shape index (κ3) is 2.94. The van der Waals surface area contributed by atoms with Crippen LogP contribution in [0.3, 0.4) is 0 Å². The molecule has 7 heteroatoms. The molecule has 1 aromatic rings. The maximum absolute atomic E-state index is 12.1. The number of piperazine rings is 1. The highest BCUT2D eigenvalue weighted by atomic mass is 16.2. The number of pyridine rings is 1. The molecule has 0 saturated carbocycles. The van der Waals surface area contributed by atoms with E-state index in [0.717, 1.165) is 68.8 Å². The van der Waals surface area contributed by atoms with Crippen molar-refractivity contribution in [3.63, 3.8) is 0 Å². The van der Waals surface area contributed by atoms with Gasteiger partial charge in [0.25, 0.3) is 5.91 Å². The predicted octanol–water partition coefficient (Wildman–Crippen LogP) is 0.460. The molecule has 2 amide bonds. The van der Waals surface area contributed by atoms with E-state index < -0.39 is 5.91 Å². The van der Waals surface area contributed by atoms with Gasteiger partial charge in [-0.15, -0.1) is 0 Å². The number of nitrogens with one attached hydrogen (secondary N) is 1. The van der Waals surface area contributed by atoms with Crippen molar-refractivity contribution in [1.82, 2.24) is 15.2 Å². The van der Waals surface area contributed by atoms with E-state index in [2.05, 4.69) is 22.2 Å². The predicted molar refractivity (Wildman–Crippen MR) is 99.2 cm³/mol. The number of amides is 2. The van der Waals surface area contributed by atoms with Gasteiger partial charge in [-0.05, 0) is 50.8 Å². The average Bonchev–Trinajstić information content (AvgIpc) is 3.00. The minimum Gasteiger partial charge on any atom is -0.365 e. The van der Waals surface area contributed by atoms with Crippen molar-refractivity contribution >= 4 is 17.6 Å². The van der Waals surface area contributed by atoms with Gasteiger partial charge in [-0.2, -0.15) is 0 Å². The lowest BCUT2D eigenvalue weighted by Crippen LogP contribution is -2.61. The van der Waals surface area contributed by atoms with E-state index in [1.165, 1.54) is 0 Å². The van der Waals surface area contributed by atoms with Gasteiger partial charge in [-0.1, -0.05) is 0 Å². The van der Waals surface area contributed by atoms with Crippen LogP contribution in [-0.2, 0) is 17.6 Å². The lowest BCUT2D eigenvalue weighted by Gasteiger charge is -2.49. The summed E-state index contributed by atoms with van der Waals surface area (Å²) in [6, 6.07) is 1.95. The Morgan fingerprint density at radius 3 is 2.92 bits per heavy atom. The number of likely N-dealkylation sites (N-methyl/N-ethyl adjacent to an activating group) is 1. The largest absolute Gasteiger partial charge is 0.365 e. The van der Waals surface area contributed by atoms with Crippen LogP contribution in [0, 0.1) is 0 Å². The van der Waals surface area contributed by atoms with Crippen LogP contribution in [0.4, 0.5) is 5.82 Å². The van der Waals surface area contributed by atoms with E-state index in [4.69, 9.17) is 10.7 Å². The van der Waals surface area contributed by atoms with Crippen LogP contribution < -0.4 is 16.0 Å². The minimum absolute atomic E-state index is 0.0764. The summed E-state index contributed by atoms with van der Waals surface area (Å²) < 4.78 is 0. The number of aromatic nitrogens is 1. The van der Waals surface area contributed by atoms with Gasteiger partial charge in [0.1, 0.15) is 5.82 Å². The van der Waals surface area contributed by atoms with E-state index in [0.29, 0.717) is 18.5 Å². The quantitative estimate of drug-likeness (QED) is 0.802. The van der Waals surface area contributed by atoms with Gasteiger partial charge in [0, 0.05) is 43.8 Å². The van der Waals surface area contributed by atoms with Crippen molar-refractivity contribution in [3.8, 4) is 0 Å². The number of carbonyl (C=O) groups is 2. The second kappa shape index (κ2) is 6.54. The number of nitrogens with two attached hydrogens (primary N) is 1. The molecule has 0 bridgehead atoms. The van der Waals surface area contributed by atoms with E-state index in [1.807, 2.05) is 6.07 Å². The van der Waals surface area contributed by atoms with Crippen molar-refractivity contribution in [1.29, 1.82) is 0 Å². The van der Waals surface area contributed by atoms with Gasteiger partial charge >= 0.3 is 0 Å². The van der Waals surface area contributed by atoms with E-state index in [-0.39, 0.29) is 11.4 Å². The summed E-state index contributed by atoms with van der Waals surface area (Å²) in [4.78, 5) is 33.4.